The van der Waals surface area contributed by atoms with Crippen molar-refractivity contribution in [2.75, 3.05) is 0 Å². The Morgan fingerprint density at radius 3 is 2.71 bits per heavy atom. The molecule has 0 radical (unpaired) electrons. The second-order valence-electron chi connectivity index (χ2n) is 5.39. The first-order valence-electron chi connectivity index (χ1n) is 6.97. The van der Waals surface area contributed by atoms with Crippen LogP contribution in [-0.2, 0) is 0 Å². The van der Waals surface area contributed by atoms with Crippen LogP contribution in [0.5, 0.6) is 0 Å². The minimum absolute atomic E-state index is 0.0687. The number of nitrogens with one attached hydrogen (secondary N) is 1. The van der Waals surface area contributed by atoms with E-state index in [1.165, 1.54) is 12.1 Å². The van der Waals surface area contributed by atoms with Gasteiger partial charge in [-0.25, -0.2) is 0 Å². The van der Waals surface area contributed by atoms with Crippen molar-refractivity contribution in [2.24, 2.45) is 5.92 Å². The predicted octanol–water partition coefficient (Wildman–Crippen LogP) is 3.25. The summed E-state index contributed by atoms with van der Waals surface area (Å²) in [5.41, 5.74) is -0.832. The summed E-state index contributed by atoms with van der Waals surface area (Å²) in [6.07, 6.45) is 4.22. The van der Waals surface area contributed by atoms with E-state index in [2.05, 4.69) is 18.3 Å². The van der Waals surface area contributed by atoms with Gasteiger partial charge >= 0.3 is 5.00 Å². The lowest BCUT2D eigenvalue weighted by Crippen LogP contribution is -2.49. The predicted molar refractivity (Wildman–Crippen MR) is 79.0 cm³/mol. The smallest absolute Gasteiger partial charge is 0.324 e. The molecule has 6 nitrogen and oxygen atoms in total. The third-order valence-electron chi connectivity index (χ3n) is 4.10. The molecule has 1 aliphatic rings. The van der Waals surface area contributed by atoms with Crippen molar-refractivity contribution in [3.8, 4) is 6.07 Å². The van der Waals surface area contributed by atoms with E-state index in [0.29, 0.717) is 18.8 Å². The average Bonchev–Trinajstić information content (AvgIpc) is 2.98. The Labute approximate surface area is 126 Å². The van der Waals surface area contributed by atoms with E-state index in [1.54, 1.807) is 0 Å². The summed E-state index contributed by atoms with van der Waals surface area (Å²) in [6, 6.07) is 4.97. The third-order valence-corrected chi connectivity index (χ3v) is 5.13. The lowest BCUT2D eigenvalue weighted by molar-refractivity contribution is -0.380. The van der Waals surface area contributed by atoms with Crippen molar-refractivity contribution in [2.45, 2.75) is 44.6 Å². The first-order chi connectivity index (χ1) is 9.99. The van der Waals surface area contributed by atoms with E-state index in [1.807, 2.05) is 0 Å². The molecule has 0 bridgehead atoms. The molecule has 1 amide bonds. The van der Waals surface area contributed by atoms with E-state index >= 15 is 0 Å². The van der Waals surface area contributed by atoms with Crippen LogP contribution in [0.2, 0.25) is 0 Å². The molecule has 0 aromatic carbocycles. The van der Waals surface area contributed by atoms with Gasteiger partial charge in [0.2, 0.25) is 0 Å². The fraction of sp³-hybridized carbons (Fsp3) is 0.571. The minimum atomic E-state index is -0.832. The quantitative estimate of drug-likeness (QED) is 0.682. The van der Waals surface area contributed by atoms with E-state index in [-0.39, 0.29) is 9.88 Å². The Morgan fingerprint density at radius 2 is 2.24 bits per heavy atom. The molecule has 0 unspecified atom stereocenters. The molecule has 1 N–H and O–H groups in total. The summed E-state index contributed by atoms with van der Waals surface area (Å²) >= 11 is 0.831. The summed E-state index contributed by atoms with van der Waals surface area (Å²) < 4.78 is 0. The van der Waals surface area contributed by atoms with Gasteiger partial charge in [-0.1, -0.05) is 24.7 Å². The number of thiophene rings is 1. The molecule has 0 spiro atoms. The molecule has 0 atom stereocenters. The maximum atomic E-state index is 12.2. The molecule has 0 saturated heterocycles. The number of nitriles is 1. The molecule has 112 valence electrons. The molecule has 1 fully saturated rings. The highest BCUT2D eigenvalue weighted by atomic mass is 32.1. The van der Waals surface area contributed by atoms with Gasteiger partial charge in [-0.05, 0) is 37.7 Å². The lowest BCUT2D eigenvalue weighted by Gasteiger charge is -2.35. The summed E-state index contributed by atoms with van der Waals surface area (Å²) in [5.74, 6) is 0.218. The number of carbonyl (C=O) groups excluding carboxylic acids is 1. The zero-order chi connectivity index (χ0) is 15.5. The Balaban J connectivity index is 2.06. The van der Waals surface area contributed by atoms with E-state index in [9.17, 15) is 20.2 Å². The molecule has 1 heterocycles. The fourth-order valence-electron chi connectivity index (χ4n) is 2.67. The van der Waals surface area contributed by atoms with Crippen LogP contribution in [0, 0.1) is 27.4 Å². The highest BCUT2D eigenvalue weighted by Gasteiger charge is 2.37. The van der Waals surface area contributed by atoms with Crippen LogP contribution in [0.1, 0.15) is 48.7 Å². The maximum absolute atomic E-state index is 12.2. The van der Waals surface area contributed by atoms with Crippen molar-refractivity contribution in [3.63, 3.8) is 0 Å². The monoisotopic (exact) mass is 307 g/mol. The van der Waals surface area contributed by atoms with Crippen molar-refractivity contribution in [1.82, 2.24) is 5.32 Å². The van der Waals surface area contributed by atoms with Gasteiger partial charge in [-0.15, -0.1) is 0 Å². The van der Waals surface area contributed by atoms with Crippen LogP contribution >= 0.6 is 11.3 Å². The van der Waals surface area contributed by atoms with Gasteiger partial charge in [0.1, 0.15) is 5.54 Å². The Bertz CT molecular complexity index is 583. The normalized spacial score (nSPS) is 25.0. The van der Waals surface area contributed by atoms with Gasteiger partial charge in [-0.3, -0.25) is 14.9 Å². The second-order valence-corrected chi connectivity index (χ2v) is 6.46. The zero-order valence-corrected chi connectivity index (χ0v) is 12.6. The summed E-state index contributed by atoms with van der Waals surface area (Å²) in [6.45, 7) is 2.13. The average molecular weight is 307 g/mol. The van der Waals surface area contributed by atoms with Crippen LogP contribution in [-0.4, -0.2) is 16.4 Å². The molecule has 1 aromatic heterocycles. The lowest BCUT2D eigenvalue weighted by atomic mass is 9.76. The van der Waals surface area contributed by atoms with Gasteiger partial charge in [0.05, 0.1) is 15.9 Å². The Morgan fingerprint density at radius 1 is 1.57 bits per heavy atom. The molecule has 1 saturated carbocycles. The molecule has 21 heavy (non-hydrogen) atoms. The van der Waals surface area contributed by atoms with Crippen LogP contribution < -0.4 is 5.32 Å². The highest BCUT2D eigenvalue weighted by Crippen LogP contribution is 2.34. The molecular weight excluding hydrogens is 290 g/mol. The Hall–Kier alpha value is -1.94. The van der Waals surface area contributed by atoms with E-state index in [0.717, 1.165) is 30.6 Å². The largest absolute Gasteiger partial charge is 0.333 e. The first kappa shape index (κ1) is 15.4. The van der Waals surface area contributed by atoms with Crippen LogP contribution in [0.25, 0.3) is 0 Å². The molecule has 2 rings (SSSR count). The van der Waals surface area contributed by atoms with Gasteiger partial charge < -0.3 is 5.32 Å². The highest BCUT2D eigenvalue weighted by molar-refractivity contribution is 7.17. The van der Waals surface area contributed by atoms with Crippen molar-refractivity contribution < 1.29 is 9.72 Å². The molecule has 1 aromatic rings. The van der Waals surface area contributed by atoms with Gasteiger partial charge in [0, 0.05) is 6.07 Å². The molecule has 0 aliphatic heterocycles. The maximum Gasteiger partial charge on any atom is 0.324 e. The van der Waals surface area contributed by atoms with Crippen LogP contribution in [0.15, 0.2) is 12.1 Å². The topological polar surface area (TPSA) is 96.0 Å². The number of carbonyl (C=O) groups is 1. The van der Waals surface area contributed by atoms with Crippen molar-refractivity contribution in [1.29, 1.82) is 5.26 Å². The minimum Gasteiger partial charge on any atom is -0.333 e. The summed E-state index contributed by atoms with van der Waals surface area (Å²) in [4.78, 5) is 22.6. The number of nitro groups is 1. The number of rotatable bonds is 4. The third kappa shape index (κ3) is 3.39. The van der Waals surface area contributed by atoms with E-state index < -0.39 is 16.4 Å². The second kappa shape index (κ2) is 6.22. The first-order valence-corrected chi connectivity index (χ1v) is 7.79. The standard InChI is InChI=1S/C14H17N3O3S/c1-2-10-5-7-14(9-15,8-6-10)16-13(18)11-3-4-12(21-11)17(19)20/h3-4,10H,2,5-8H2,1H3,(H,16,18). The Kier molecular flexibility index (Phi) is 4.58. The number of amides is 1. The van der Waals surface area contributed by atoms with Crippen molar-refractivity contribution in [3.05, 3.63) is 27.1 Å². The number of hydrogen-bond acceptors (Lipinski definition) is 5. The van der Waals surface area contributed by atoms with Crippen molar-refractivity contribution >= 4 is 22.2 Å². The number of nitrogens with zero attached hydrogens (tertiary/aromatic N) is 2. The SMILES string of the molecule is CCC1CCC(C#N)(NC(=O)c2ccc([N+](=O)[O-])s2)CC1. The van der Waals surface area contributed by atoms with Gasteiger partial charge in [0.25, 0.3) is 5.91 Å². The fourth-order valence-corrected chi connectivity index (χ4v) is 3.39. The van der Waals surface area contributed by atoms with E-state index in [4.69, 9.17) is 0 Å². The summed E-state index contributed by atoms with van der Waals surface area (Å²) in [7, 11) is 0. The summed E-state index contributed by atoms with van der Waals surface area (Å²) in [5, 5.41) is 22.8. The zero-order valence-electron chi connectivity index (χ0n) is 11.8. The van der Waals surface area contributed by atoms with Gasteiger partial charge in [-0.2, -0.15) is 5.26 Å². The van der Waals surface area contributed by atoms with Crippen LogP contribution in [0.4, 0.5) is 5.00 Å². The molecule has 7 heteroatoms. The van der Waals surface area contributed by atoms with Gasteiger partial charge in [0.15, 0.2) is 0 Å². The number of hydrogen-bond donors (Lipinski definition) is 1. The molecule has 1 aliphatic carbocycles. The van der Waals surface area contributed by atoms with Crippen LogP contribution in [0.3, 0.4) is 0 Å². The molecular formula is C14H17N3O3S.